The van der Waals surface area contributed by atoms with Gasteiger partial charge in [-0.25, -0.2) is 4.98 Å². The van der Waals surface area contributed by atoms with Gasteiger partial charge < -0.3 is 15.2 Å². The normalized spacial score (nSPS) is 17.6. The fraction of sp³-hybridized carbons (Fsp3) is 0.389. The number of piperazine rings is 1. The summed E-state index contributed by atoms with van der Waals surface area (Å²) in [6.45, 7) is 5.41. The van der Waals surface area contributed by atoms with E-state index in [1.165, 1.54) is 0 Å². The van der Waals surface area contributed by atoms with E-state index >= 15 is 0 Å². The highest BCUT2D eigenvalue weighted by atomic mass is 35.5. The first-order chi connectivity index (χ1) is 12.0. The molecule has 2 N–H and O–H groups in total. The Morgan fingerprint density at radius 2 is 2.12 bits per heavy atom. The summed E-state index contributed by atoms with van der Waals surface area (Å²) in [5, 5.41) is 3.95. The first kappa shape index (κ1) is 17.6. The number of benzene rings is 1. The van der Waals surface area contributed by atoms with Gasteiger partial charge in [-0.2, -0.15) is 0 Å². The van der Waals surface area contributed by atoms with Gasteiger partial charge in [-0.15, -0.1) is 0 Å². The van der Waals surface area contributed by atoms with Gasteiger partial charge in [0.15, 0.2) is 0 Å². The number of aryl methyl sites for hydroxylation is 2. The fourth-order valence-electron chi connectivity index (χ4n) is 3.24. The zero-order valence-electron chi connectivity index (χ0n) is 14.3. The van der Waals surface area contributed by atoms with Crippen molar-refractivity contribution in [1.82, 2.24) is 20.2 Å². The van der Waals surface area contributed by atoms with Crippen LogP contribution in [0.25, 0.3) is 0 Å². The van der Waals surface area contributed by atoms with Crippen molar-refractivity contribution in [3.63, 3.8) is 0 Å². The number of carbonyl (C=O) groups excluding carboxylic acids is 1. The Kier molecular flexibility index (Phi) is 5.20. The molecule has 1 amide bonds. The highest BCUT2D eigenvalue weighted by Gasteiger charge is 2.29. The minimum Gasteiger partial charge on any atom is -0.333 e. The van der Waals surface area contributed by atoms with Crippen LogP contribution < -0.4 is 10.9 Å². The minimum atomic E-state index is -0.247. The van der Waals surface area contributed by atoms with Gasteiger partial charge in [0.05, 0.1) is 12.5 Å². The average Bonchev–Trinajstić information content (AvgIpc) is 2.58. The molecule has 0 saturated carbocycles. The van der Waals surface area contributed by atoms with E-state index in [0.717, 1.165) is 5.56 Å². The van der Waals surface area contributed by atoms with Crippen molar-refractivity contribution in [1.29, 1.82) is 0 Å². The van der Waals surface area contributed by atoms with Crippen LogP contribution >= 0.6 is 11.6 Å². The van der Waals surface area contributed by atoms with Crippen molar-refractivity contribution < 1.29 is 4.79 Å². The quantitative estimate of drug-likeness (QED) is 0.874. The Labute approximate surface area is 151 Å². The smallest absolute Gasteiger partial charge is 0.254 e. The molecule has 1 atom stereocenters. The molecule has 0 radical (unpaired) electrons. The third-order valence-electron chi connectivity index (χ3n) is 4.50. The molecule has 3 rings (SSSR count). The maximum absolute atomic E-state index is 12.9. The van der Waals surface area contributed by atoms with E-state index in [1.807, 2.05) is 24.3 Å². The van der Waals surface area contributed by atoms with Gasteiger partial charge in [-0.3, -0.25) is 9.59 Å². The molecule has 7 heteroatoms. The van der Waals surface area contributed by atoms with Crippen LogP contribution in [-0.4, -0.2) is 40.4 Å². The Bertz CT molecular complexity index is 849. The number of halogens is 1. The molecule has 1 aromatic heterocycles. The summed E-state index contributed by atoms with van der Waals surface area (Å²) in [6.07, 6.45) is 0.0371. The van der Waals surface area contributed by atoms with Gasteiger partial charge in [0, 0.05) is 35.9 Å². The highest BCUT2D eigenvalue weighted by Crippen LogP contribution is 2.28. The lowest BCUT2D eigenvalue weighted by molar-refractivity contribution is -0.133. The Morgan fingerprint density at radius 1 is 1.36 bits per heavy atom. The number of rotatable bonds is 3. The molecule has 2 aromatic rings. The van der Waals surface area contributed by atoms with Crippen LogP contribution in [0.15, 0.2) is 29.1 Å². The first-order valence-corrected chi connectivity index (χ1v) is 8.66. The molecule has 0 bridgehead atoms. The second kappa shape index (κ2) is 7.37. The SMILES string of the molecule is Cc1nc(C)c(CC(=O)N2CCNCC2c2ccccc2Cl)c(=O)[nH]1. The number of nitrogens with zero attached hydrogens (tertiary/aromatic N) is 2. The number of amides is 1. The van der Waals surface area contributed by atoms with Crippen LogP contribution in [0.4, 0.5) is 0 Å². The summed E-state index contributed by atoms with van der Waals surface area (Å²) in [6, 6.07) is 7.40. The molecule has 1 fully saturated rings. The molecule has 1 aliphatic rings. The van der Waals surface area contributed by atoms with Crippen LogP contribution in [0.5, 0.6) is 0 Å². The van der Waals surface area contributed by atoms with E-state index in [-0.39, 0.29) is 23.9 Å². The third kappa shape index (κ3) is 3.75. The summed E-state index contributed by atoms with van der Waals surface area (Å²) in [5.41, 5.74) is 1.69. The van der Waals surface area contributed by atoms with Gasteiger partial charge in [0.25, 0.3) is 5.56 Å². The molecule has 1 aromatic carbocycles. The number of aromatic nitrogens is 2. The summed E-state index contributed by atoms with van der Waals surface area (Å²) < 4.78 is 0. The number of hydrogen-bond donors (Lipinski definition) is 2. The van der Waals surface area contributed by atoms with Gasteiger partial charge in [0.1, 0.15) is 5.82 Å². The molecular weight excluding hydrogens is 340 g/mol. The Balaban J connectivity index is 1.87. The Hall–Kier alpha value is -2.18. The molecule has 132 valence electrons. The van der Waals surface area contributed by atoms with Crippen LogP contribution in [-0.2, 0) is 11.2 Å². The third-order valence-corrected chi connectivity index (χ3v) is 4.84. The average molecular weight is 361 g/mol. The van der Waals surface area contributed by atoms with E-state index in [1.54, 1.807) is 18.7 Å². The number of carbonyl (C=O) groups is 1. The van der Waals surface area contributed by atoms with E-state index in [4.69, 9.17) is 11.6 Å². The van der Waals surface area contributed by atoms with E-state index < -0.39 is 0 Å². The van der Waals surface area contributed by atoms with E-state index in [0.29, 0.717) is 41.7 Å². The zero-order valence-corrected chi connectivity index (χ0v) is 15.1. The summed E-state index contributed by atoms with van der Waals surface area (Å²) in [7, 11) is 0. The first-order valence-electron chi connectivity index (χ1n) is 8.28. The molecule has 25 heavy (non-hydrogen) atoms. The van der Waals surface area contributed by atoms with Crippen LogP contribution in [0.2, 0.25) is 5.02 Å². The standard InChI is InChI=1S/C18H21ClN4O2/c1-11-14(18(25)22-12(2)21-11)9-17(24)23-8-7-20-10-16(23)13-5-3-4-6-15(13)19/h3-6,16,20H,7-10H2,1-2H3,(H,21,22,25). The van der Waals surface area contributed by atoms with Crippen molar-refractivity contribution in [3.8, 4) is 0 Å². The summed E-state index contributed by atoms with van der Waals surface area (Å²) in [4.78, 5) is 33.8. The van der Waals surface area contributed by atoms with Crippen molar-refractivity contribution in [2.24, 2.45) is 0 Å². The van der Waals surface area contributed by atoms with Crippen molar-refractivity contribution in [2.75, 3.05) is 19.6 Å². The highest BCUT2D eigenvalue weighted by molar-refractivity contribution is 6.31. The maximum Gasteiger partial charge on any atom is 0.254 e. The predicted octanol–water partition coefficient (Wildman–Crippen LogP) is 1.76. The molecule has 2 heterocycles. The molecule has 1 saturated heterocycles. The van der Waals surface area contributed by atoms with E-state index in [9.17, 15) is 9.59 Å². The number of nitrogens with one attached hydrogen (secondary N) is 2. The second-order valence-corrected chi connectivity index (χ2v) is 6.63. The monoisotopic (exact) mass is 360 g/mol. The number of aromatic amines is 1. The van der Waals surface area contributed by atoms with Gasteiger partial charge in [-0.1, -0.05) is 29.8 Å². The topological polar surface area (TPSA) is 78.1 Å². The lowest BCUT2D eigenvalue weighted by Gasteiger charge is -2.37. The lowest BCUT2D eigenvalue weighted by atomic mass is 10.0. The van der Waals surface area contributed by atoms with Gasteiger partial charge >= 0.3 is 0 Å². The largest absolute Gasteiger partial charge is 0.333 e. The van der Waals surface area contributed by atoms with Crippen molar-refractivity contribution >= 4 is 17.5 Å². The second-order valence-electron chi connectivity index (χ2n) is 6.22. The molecule has 6 nitrogen and oxygen atoms in total. The maximum atomic E-state index is 12.9. The number of hydrogen-bond acceptors (Lipinski definition) is 4. The van der Waals surface area contributed by atoms with Crippen molar-refractivity contribution in [2.45, 2.75) is 26.3 Å². The van der Waals surface area contributed by atoms with Crippen LogP contribution in [0, 0.1) is 13.8 Å². The lowest BCUT2D eigenvalue weighted by Crippen LogP contribution is -2.49. The molecule has 0 spiro atoms. The van der Waals surface area contributed by atoms with Crippen LogP contribution in [0.1, 0.15) is 28.7 Å². The van der Waals surface area contributed by atoms with Crippen molar-refractivity contribution in [3.05, 3.63) is 62.3 Å². The predicted molar refractivity (Wildman–Crippen MR) is 96.8 cm³/mol. The summed E-state index contributed by atoms with van der Waals surface area (Å²) >= 11 is 6.32. The van der Waals surface area contributed by atoms with E-state index in [2.05, 4.69) is 15.3 Å². The van der Waals surface area contributed by atoms with Gasteiger partial charge in [0.2, 0.25) is 5.91 Å². The minimum absolute atomic E-state index is 0.0371. The fourth-order valence-corrected chi connectivity index (χ4v) is 3.50. The summed E-state index contributed by atoms with van der Waals surface area (Å²) in [5.74, 6) is 0.459. The molecule has 1 aliphatic heterocycles. The van der Waals surface area contributed by atoms with Crippen LogP contribution in [0.3, 0.4) is 0 Å². The molecular formula is C18H21ClN4O2. The number of H-pyrrole nitrogens is 1. The molecule has 0 aliphatic carbocycles. The van der Waals surface area contributed by atoms with Gasteiger partial charge in [-0.05, 0) is 25.5 Å². The Morgan fingerprint density at radius 3 is 2.84 bits per heavy atom. The molecule has 1 unspecified atom stereocenters. The zero-order chi connectivity index (χ0) is 18.0.